The third-order valence-electron chi connectivity index (χ3n) is 7.19. The molecule has 0 aliphatic carbocycles. The average molecular weight is 692 g/mol. The van der Waals surface area contributed by atoms with Crippen LogP contribution < -0.4 is 5.32 Å². The van der Waals surface area contributed by atoms with Crippen molar-refractivity contribution in [3.8, 4) is 0 Å². The van der Waals surface area contributed by atoms with E-state index < -0.39 is 60.6 Å². The number of fused-ring (bicyclic) bond motifs is 1. The lowest BCUT2D eigenvalue weighted by Crippen LogP contribution is -2.54. The third-order valence-corrected chi connectivity index (χ3v) is 7.35. The van der Waals surface area contributed by atoms with Crippen LogP contribution in [0.1, 0.15) is 45.9 Å². The maximum absolute atomic E-state index is 13.5. The lowest BCUT2D eigenvalue weighted by molar-refractivity contribution is -0.198. The number of nitrogens with zero attached hydrogens (tertiary/aromatic N) is 4. The predicted octanol–water partition coefficient (Wildman–Crippen LogP) is 2.16. The van der Waals surface area contributed by atoms with Crippen molar-refractivity contribution in [2.24, 2.45) is 0 Å². The summed E-state index contributed by atoms with van der Waals surface area (Å²) >= 11 is 6.24. The van der Waals surface area contributed by atoms with Gasteiger partial charge in [0, 0.05) is 33.4 Å². The van der Waals surface area contributed by atoms with E-state index in [2.05, 4.69) is 20.3 Å². The van der Waals surface area contributed by atoms with Crippen molar-refractivity contribution in [1.82, 2.24) is 19.5 Å². The molecule has 0 radical (unpaired) electrons. The summed E-state index contributed by atoms with van der Waals surface area (Å²) in [5.41, 5.74) is -1.23. The summed E-state index contributed by atoms with van der Waals surface area (Å²) in [6, 6.07) is 8.67. The van der Waals surface area contributed by atoms with E-state index in [0.29, 0.717) is 18.5 Å². The van der Waals surface area contributed by atoms with Crippen molar-refractivity contribution >= 4 is 52.5 Å². The molecular weight excluding hydrogens is 654 g/mol. The Morgan fingerprint density at radius 3 is 2.25 bits per heavy atom. The molecule has 4 atom stereocenters. The maximum atomic E-state index is 13.5. The number of hydrogen-bond acceptors (Lipinski definition) is 15. The smallest absolute Gasteiger partial charge is 0.350 e. The summed E-state index contributed by atoms with van der Waals surface area (Å²) in [4.78, 5) is 64.6. The molecule has 0 bridgehead atoms. The molecule has 0 saturated carbocycles. The first-order chi connectivity index (χ1) is 23.0. The number of hydrogen-bond donors (Lipinski definition) is 2. The molecule has 3 heterocycles. The second-order valence-corrected chi connectivity index (χ2v) is 11.0. The van der Waals surface area contributed by atoms with Gasteiger partial charge in [-0.25, -0.2) is 14.6 Å². The Labute approximate surface area is 281 Å². The molecule has 0 spiro atoms. The molecule has 1 aliphatic rings. The van der Waals surface area contributed by atoms with E-state index in [9.17, 15) is 24.3 Å². The topological polar surface area (TPSA) is 200 Å². The largest absolute Gasteiger partial charge is 0.463 e. The van der Waals surface area contributed by atoms with Crippen LogP contribution in [0.2, 0.25) is 5.28 Å². The number of nitrogens with one attached hydrogen (secondary N) is 1. The number of carbonyl (C=O) groups excluding carboxylic acids is 4. The maximum Gasteiger partial charge on any atom is 0.350 e. The Hall–Kier alpha value is -4.38. The number of carbonyl (C=O) groups is 4. The molecule has 1 aliphatic heterocycles. The lowest BCUT2D eigenvalue weighted by Gasteiger charge is -2.31. The highest BCUT2D eigenvalue weighted by molar-refractivity contribution is 6.28. The van der Waals surface area contributed by atoms with Crippen molar-refractivity contribution in [2.45, 2.75) is 70.7 Å². The fourth-order valence-corrected chi connectivity index (χ4v) is 5.37. The van der Waals surface area contributed by atoms with Gasteiger partial charge >= 0.3 is 23.9 Å². The number of anilines is 1. The molecular formula is C31H38ClN5O11. The van der Waals surface area contributed by atoms with Crippen molar-refractivity contribution in [3.05, 3.63) is 47.5 Å². The summed E-state index contributed by atoms with van der Waals surface area (Å²) in [5.74, 6) is -3.14. The number of esters is 4. The Morgan fingerprint density at radius 2 is 1.65 bits per heavy atom. The second kappa shape index (κ2) is 16.6. The zero-order valence-corrected chi connectivity index (χ0v) is 27.7. The first-order valence-corrected chi connectivity index (χ1v) is 15.7. The van der Waals surface area contributed by atoms with Crippen LogP contribution in [-0.4, -0.2) is 105 Å². The predicted molar refractivity (Wildman–Crippen MR) is 168 cm³/mol. The van der Waals surface area contributed by atoms with Crippen LogP contribution in [0, 0.1) is 0 Å². The molecule has 48 heavy (non-hydrogen) atoms. The normalized spacial score (nSPS) is 19.1. The zero-order chi connectivity index (χ0) is 34.8. The molecule has 2 aromatic heterocycles. The quantitative estimate of drug-likeness (QED) is 0.0727. The van der Waals surface area contributed by atoms with Gasteiger partial charge in [0.2, 0.25) is 5.28 Å². The number of aliphatic hydroxyl groups excluding tert-OH is 1. The van der Waals surface area contributed by atoms with Crippen molar-refractivity contribution in [1.29, 1.82) is 0 Å². The van der Waals surface area contributed by atoms with Gasteiger partial charge in [0.15, 0.2) is 35.4 Å². The zero-order valence-electron chi connectivity index (χ0n) is 26.9. The van der Waals surface area contributed by atoms with E-state index in [1.807, 2.05) is 0 Å². The Balaban J connectivity index is 1.75. The van der Waals surface area contributed by atoms with Crippen LogP contribution in [-0.2, 0) is 54.0 Å². The standard InChI is InChI=1S/C31H38ClN5O11/c1-5-43-28(41)31(29(42)44-6-2,15-20-11-8-7-9-12-20)45-16-21-23(46-18(3)39)24(47-19(4)40)27(48-21)37-17-34-22-25(33-13-10-14-38)35-30(32)36-26(22)37/h7-9,11-12,17,21,23-24,27,38H,5-6,10,13-16H2,1-4H3,(H,33,35,36)/t21-,23-,24-,27-/m1/s1. The van der Waals surface area contributed by atoms with Gasteiger partial charge in [-0.2, -0.15) is 9.97 Å². The van der Waals surface area contributed by atoms with E-state index in [4.69, 9.17) is 40.0 Å². The average Bonchev–Trinajstić information content (AvgIpc) is 3.60. The minimum absolute atomic E-state index is 0.0522. The van der Waals surface area contributed by atoms with E-state index in [1.54, 1.807) is 44.2 Å². The summed E-state index contributed by atoms with van der Waals surface area (Å²) < 4.78 is 35.7. The van der Waals surface area contributed by atoms with Crippen molar-refractivity contribution < 1.29 is 52.7 Å². The minimum atomic E-state index is -2.27. The van der Waals surface area contributed by atoms with Crippen LogP contribution in [0.5, 0.6) is 0 Å². The lowest BCUT2D eigenvalue weighted by atomic mass is 9.93. The number of aromatic nitrogens is 4. The van der Waals surface area contributed by atoms with E-state index in [-0.39, 0.29) is 48.5 Å². The third kappa shape index (κ3) is 8.36. The highest BCUT2D eigenvalue weighted by atomic mass is 35.5. The number of rotatable bonds is 16. The van der Waals surface area contributed by atoms with Gasteiger partial charge < -0.3 is 38.8 Å². The molecule has 0 amide bonds. The fraction of sp³-hybridized carbons (Fsp3) is 0.516. The van der Waals surface area contributed by atoms with Gasteiger partial charge in [-0.15, -0.1) is 0 Å². The molecule has 1 fully saturated rings. The molecule has 2 N–H and O–H groups in total. The van der Waals surface area contributed by atoms with Crippen LogP contribution in [0.25, 0.3) is 11.2 Å². The number of aliphatic hydroxyl groups is 1. The number of ether oxygens (including phenoxy) is 6. The van der Waals surface area contributed by atoms with Gasteiger partial charge in [0.05, 0.1) is 26.1 Å². The highest BCUT2D eigenvalue weighted by Gasteiger charge is 2.55. The van der Waals surface area contributed by atoms with Gasteiger partial charge in [-0.1, -0.05) is 30.3 Å². The van der Waals surface area contributed by atoms with Crippen LogP contribution in [0.3, 0.4) is 0 Å². The molecule has 260 valence electrons. The van der Waals surface area contributed by atoms with Crippen molar-refractivity contribution in [3.63, 3.8) is 0 Å². The Morgan fingerprint density at radius 1 is 1.00 bits per heavy atom. The first-order valence-electron chi connectivity index (χ1n) is 15.3. The summed E-state index contributed by atoms with van der Waals surface area (Å²) in [5, 5.41) is 12.1. The van der Waals surface area contributed by atoms with Gasteiger partial charge in [0.25, 0.3) is 5.60 Å². The van der Waals surface area contributed by atoms with E-state index >= 15 is 0 Å². The monoisotopic (exact) mass is 691 g/mol. The molecule has 1 saturated heterocycles. The van der Waals surface area contributed by atoms with Crippen molar-refractivity contribution in [2.75, 3.05) is 38.3 Å². The molecule has 17 heteroatoms. The van der Waals surface area contributed by atoms with Crippen LogP contribution >= 0.6 is 11.6 Å². The summed E-state index contributed by atoms with van der Waals surface area (Å²) in [7, 11) is 0. The molecule has 3 aromatic rings. The summed E-state index contributed by atoms with van der Waals surface area (Å²) in [6.07, 6.45) is -3.43. The number of imidazole rings is 1. The van der Waals surface area contributed by atoms with E-state index in [1.165, 1.54) is 17.8 Å². The molecule has 0 unspecified atom stereocenters. The summed E-state index contributed by atoms with van der Waals surface area (Å²) in [6.45, 7) is 5.18. The van der Waals surface area contributed by atoms with E-state index in [0.717, 1.165) is 6.92 Å². The molecule has 16 nitrogen and oxygen atoms in total. The van der Waals surface area contributed by atoms with Gasteiger partial charge in [0.1, 0.15) is 6.10 Å². The number of halogens is 1. The van der Waals surface area contributed by atoms with Gasteiger partial charge in [-0.3, -0.25) is 14.2 Å². The molecule has 1 aromatic carbocycles. The van der Waals surface area contributed by atoms with Crippen LogP contribution in [0.15, 0.2) is 36.7 Å². The fourth-order valence-electron chi connectivity index (χ4n) is 5.20. The highest BCUT2D eigenvalue weighted by Crippen LogP contribution is 2.37. The van der Waals surface area contributed by atoms with Gasteiger partial charge in [-0.05, 0) is 37.4 Å². The number of benzene rings is 1. The Kier molecular flexibility index (Phi) is 12.6. The first kappa shape index (κ1) is 36.5. The Bertz CT molecular complexity index is 1570. The van der Waals surface area contributed by atoms with Crippen LogP contribution in [0.4, 0.5) is 5.82 Å². The molecule has 4 rings (SSSR count). The minimum Gasteiger partial charge on any atom is -0.463 e. The SMILES string of the molecule is CCOC(=O)C(Cc1ccccc1)(OC[C@H]1O[C@@H](n2cnc3c(NCCCO)nc(Cl)nc32)[C@H](OC(C)=O)[C@@H]1OC(C)=O)C(=O)OCC. The second-order valence-electron chi connectivity index (χ2n) is 10.6.